The number of ether oxygens (including phenoxy) is 2. The number of carbonyl (C=O) groups excluding carboxylic acids is 2. The van der Waals surface area contributed by atoms with Crippen LogP contribution >= 0.6 is 0 Å². The fourth-order valence-corrected chi connectivity index (χ4v) is 1.35. The van der Waals surface area contributed by atoms with Gasteiger partial charge in [0.1, 0.15) is 5.60 Å². The molecule has 0 aromatic heterocycles. The summed E-state index contributed by atoms with van der Waals surface area (Å²) in [5, 5.41) is 0. The Morgan fingerprint density at radius 2 is 2.27 bits per heavy atom. The van der Waals surface area contributed by atoms with Crippen molar-refractivity contribution >= 4 is 11.8 Å². The molecule has 0 N–H and O–H groups in total. The van der Waals surface area contributed by atoms with E-state index in [1.807, 2.05) is 6.92 Å². The van der Waals surface area contributed by atoms with Crippen LogP contribution in [0.5, 0.6) is 0 Å². The summed E-state index contributed by atoms with van der Waals surface area (Å²) in [7, 11) is 0. The molecule has 1 aliphatic heterocycles. The zero-order valence-electron chi connectivity index (χ0n) is 9.33. The summed E-state index contributed by atoms with van der Waals surface area (Å²) < 4.78 is 10.3. The number of allylic oxidation sites excluding steroid dienone is 1. The maximum Gasteiger partial charge on any atom is 0.373 e. The quantitative estimate of drug-likeness (QED) is 0.667. The van der Waals surface area contributed by atoms with Gasteiger partial charge in [-0.1, -0.05) is 6.92 Å². The van der Waals surface area contributed by atoms with Crippen LogP contribution in [-0.4, -0.2) is 24.0 Å². The summed E-state index contributed by atoms with van der Waals surface area (Å²) in [6.07, 6.45) is 2.25. The van der Waals surface area contributed by atoms with Gasteiger partial charge in [-0.2, -0.15) is 0 Å². The van der Waals surface area contributed by atoms with Gasteiger partial charge in [-0.05, 0) is 20.3 Å². The summed E-state index contributed by atoms with van der Waals surface area (Å²) in [6.45, 7) is 5.78. The van der Waals surface area contributed by atoms with Gasteiger partial charge < -0.3 is 9.47 Å². The van der Waals surface area contributed by atoms with Crippen molar-refractivity contribution in [1.82, 2.24) is 0 Å². The number of carbonyl (C=O) groups is 2. The monoisotopic (exact) mass is 212 g/mol. The molecule has 0 aliphatic carbocycles. The van der Waals surface area contributed by atoms with E-state index in [1.165, 1.54) is 6.08 Å². The van der Waals surface area contributed by atoms with Crippen LogP contribution in [0.15, 0.2) is 11.8 Å². The van der Waals surface area contributed by atoms with Crippen LogP contribution in [0.4, 0.5) is 0 Å². The molecule has 4 nitrogen and oxygen atoms in total. The third kappa shape index (κ3) is 3.38. The molecule has 1 rings (SSSR count). The van der Waals surface area contributed by atoms with E-state index in [0.29, 0.717) is 6.61 Å². The first-order valence-electron chi connectivity index (χ1n) is 5.05. The second kappa shape index (κ2) is 4.47. The lowest BCUT2D eigenvalue weighted by Crippen LogP contribution is -2.33. The Balaban J connectivity index is 2.69. The number of esters is 1. The van der Waals surface area contributed by atoms with E-state index in [0.717, 1.165) is 6.42 Å². The van der Waals surface area contributed by atoms with E-state index in [4.69, 9.17) is 9.47 Å². The number of hydrogen-bond acceptors (Lipinski definition) is 4. The molecule has 1 heterocycles. The smallest absolute Gasteiger partial charge is 0.373 e. The normalized spacial score (nSPS) is 19.1. The predicted molar refractivity (Wildman–Crippen MR) is 54.1 cm³/mol. The summed E-state index contributed by atoms with van der Waals surface area (Å²) in [4.78, 5) is 22.7. The molecule has 0 atom stereocenters. The van der Waals surface area contributed by atoms with Crippen LogP contribution in [0.3, 0.4) is 0 Å². The lowest BCUT2D eigenvalue weighted by atomic mass is 9.98. The molecule has 0 bridgehead atoms. The standard InChI is InChI=1S/C11H16O4/c1-4-5-14-10(13)9-6-8(12)7-11(2,3)15-9/h6H,4-5,7H2,1-3H3. The molecule has 15 heavy (non-hydrogen) atoms. The molecule has 1 aliphatic rings. The molecule has 0 spiro atoms. The van der Waals surface area contributed by atoms with Crippen molar-refractivity contribution in [2.75, 3.05) is 6.61 Å². The van der Waals surface area contributed by atoms with Gasteiger partial charge >= 0.3 is 5.97 Å². The SMILES string of the molecule is CCCOC(=O)C1=CC(=O)CC(C)(C)O1. The summed E-state index contributed by atoms with van der Waals surface area (Å²) in [5.74, 6) is -0.641. The lowest BCUT2D eigenvalue weighted by molar-refractivity contribution is -0.148. The fourth-order valence-electron chi connectivity index (χ4n) is 1.35. The van der Waals surface area contributed by atoms with E-state index in [2.05, 4.69) is 0 Å². The van der Waals surface area contributed by atoms with Gasteiger partial charge in [0.05, 0.1) is 6.61 Å². The van der Waals surface area contributed by atoms with E-state index in [9.17, 15) is 9.59 Å². The van der Waals surface area contributed by atoms with Gasteiger partial charge in [0.2, 0.25) is 5.76 Å². The maximum atomic E-state index is 11.4. The summed E-state index contributed by atoms with van der Waals surface area (Å²) in [6, 6.07) is 0. The minimum Gasteiger partial charge on any atom is -0.480 e. The second-order valence-electron chi connectivity index (χ2n) is 4.15. The highest BCUT2D eigenvalue weighted by Gasteiger charge is 2.32. The average Bonchev–Trinajstić information content (AvgIpc) is 2.10. The van der Waals surface area contributed by atoms with E-state index in [1.54, 1.807) is 13.8 Å². The van der Waals surface area contributed by atoms with Gasteiger partial charge in [-0.15, -0.1) is 0 Å². The molecule has 0 aromatic carbocycles. The van der Waals surface area contributed by atoms with E-state index >= 15 is 0 Å². The molecule has 0 fully saturated rings. The van der Waals surface area contributed by atoms with Crippen LogP contribution in [-0.2, 0) is 19.1 Å². The highest BCUT2D eigenvalue weighted by molar-refractivity contribution is 5.99. The van der Waals surface area contributed by atoms with Crippen molar-refractivity contribution in [2.45, 2.75) is 39.2 Å². The highest BCUT2D eigenvalue weighted by atomic mass is 16.6. The molecule has 0 unspecified atom stereocenters. The van der Waals surface area contributed by atoms with Crippen molar-refractivity contribution in [2.24, 2.45) is 0 Å². The minimum absolute atomic E-state index is 0.0182. The second-order valence-corrected chi connectivity index (χ2v) is 4.15. The lowest BCUT2D eigenvalue weighted by Gasteiger charge is -2.29. The van der Waals surface area contributed by atoms with Crippen molar-refractivity contribution in [3.05, 3.63) is 11.8 Å². The molecule has 0 amide bonds. The van der Waals surface area contributed by atoms with Crippen molar-refractivity contribution in [1.29, 1.82) is 0 Å². The van der Waals surface area contributed by atoms with E-state index < -0.39 is 11.6 Å². The first kappa shape index (κ1) is 11.8. The van der Waals surface area contributed by atoms with E-state index in [-0.39, 0.29) is 18.0 Å². The van der Waals surface area contributed by atoms with Crippen LogP contribution in [0.1, 0.15) is 33.6 Å². The average molecular weight is 212 g/mol. The molecular weight excluding hydrogens is 196 g/mol. The van der Waals surface area contributed by atoms with Gasteiger partial charge in [-0.25, -0.2) is 4.79 Å². The Hall–Kier alpha value is -1.32. The minimum atomic E-state index is -0.619. The molecule has 0 radical (unpaired) electrons. The third-order valence-corrected chi connectivity index (χ3v) is 1.92. The largest absolute Gasteiger partial charge is 0.480 e. The Morgan fingerprint density at radius 1 is 1.60 bits per heavy atom. The molecule has 4 heteroatoms. The van der Waals surface area contributed by atoms with Gasteiger partial charge in [0.25, 0.3) is 0 Å². The third-order valence-electron chi connectivity index (χ3n) is 1.92. The molecule has 84 valence electrons. The van der Waals surface area contributed by atoms with Crippen molar-refractivity contribution in [3.8, 4) is 0 Å². The van der Waals surface area contributed by atoms with Gasteiger partial charge in [0.15, 0.2) is 5.78 Å². The molecule has 0 saturated heterocycles. The summed E-state index contributed by atoms with van der Waals surface area (Å²) >= 11 is 0. The first-order valence-corrected chi connectivity index (χ1v) is 5.05. The molecule has 0 aromatic rings. The van der Waals surface area contributed by atoms with Crippen LogP contribution in [0.2, 0.25) is 0 Å². The highest BCUT2D eigenvalue weighted by Crippen LogP contribution is 2.25. The van der Waals surface area contributed by atoms with Crippen molar-refractivity contribution < 1.29 is 19.1 Å². The van der Waals surface area contributed by atoms with Gasteiger partial charge in [0, 0.05) is 12.5 Å². The Labute approximate surface area is 89.2 Å². The van der Waals surface area contributed by atoms with Crippen LogP contribution in [0, 0.1) is 0 Å². The first-order chi connectivity index (χ1) is 6.94. The zero-order chi connectivity index (χ0) is 11.5. The molecular formula is C11H16O4. The van der Waals surface area contributed by atoms with Crippen molar-refractivity contribution in [3.63, 3.8) is 0 Å². The maximum absolute atomic E-state index is 11.4. The number of ketones is 1. The van der Waals surface area contributed by atoms with Crippen LogP contribution < -0.4 is 0 Å². The fraction of sp³-hybridized carbons (Fsp3) is 0.636. The Bertz CT molecular complexity index is 302. The zero-order valence-corrected chi connectivity index (χ0v) is 9.33. The molecule has 0 saturated carbocycles. The number of hydrogen-bond donors (Lipinski definition) is 0. The Morgan fingerprint density at radius 3 is 2.80 bits per heavy atom. The predicted octanol–water partition coefficient (Wildman–Crippen LogP) is 1.59. The number of rotatable bonds is 3. The Kier molecular flexibility index (Phi) is 3.50. The summed E-state index contributed by atoms with van der Waals surface area (Å²) in [5.41, 5.74) is -0.619. The topological polar surface area (TPSA) is 52.6 Å². The van der Waals surface area contributed by atoms with Gasteiger partial charge in [-0.3, -0.25) is 4.79 Å². The van der Waals surface area contributed by atoms with Crippen LogP contribution in [0.25, 0.3) is 0 Å².